The van der Waals surface area contributed by atoms with Crippen LogP contribution < -0.4 is 5.32 Å². The van der Waals surface area contributed by atoms with Gasteiger partial charge in [0.25, 0.3) is 0 Å². The van der Waals surface area contributed by atoms with E-state index in [9.17, 15) is 9.90 Å². The fourth-order valence-corrected chi connectivity index (χ4v) is 0.426. The molecule has 0 aliphatic carbocycles. The molecule has 0 spiro atoms. The molecule has 4 heteroatoms. The number of nitrogens with zero attached hydrogens (tertiary/aromatic N) is 1. The molecule has 0 saturated heterocycles. The second kappa shape index (κ2) is 5.05. The zero-order valence-corrected chi connectivity index (χ0v) is 6.39. The van der Waals surface area contributed by atoms with Crippen molar-refractivity contribution in [2.24, 2.45) is 0 Å². The Morgan fingerprint density at radius 1 is 1.50 bits per heavy atom. The highest BCUT2D eigenvalue weighted by Gasteiger charge is 1.99. The maximum absolute atomic E-state index is 10.7. The van der Waals surface area contributed by atoms with E-state index in [0.29, 0.717) is 13.0 Å². The van der Waals surface area contributed by atoms with Crippen LogP contribution in [-0.2, 0) is 5.11 Å². The summed E-state index contributed by atoms with van der Waals surface area (Å²) in [6.45, 7) is 0.341. The van der Waals surface area contributed by atoms with Crippen molar-refractivity contribution in [2.75, 3.05) is 27.2 Å². The van der Waals surface area contributed by atoms with Crippen molar-refractivity contribution < 1.29 is 9.90 Å². The molecule has 0 bridgehead atoms. The van der Waals surface area contributed by atoms with Crippen LogP contribution in [0.25, 0.3) is 0 Å². The molecule has 2 amide bonds. The van der Waals surface area contributed by atoms with Crippen molar-refractivity contribution in [2.45, 2.75) is 6.42 Å². The number of hydrogen-bond donors (Lipinski definition) is 1. The average Bonchev–Trinajstić information content (AvgIpc) is 1.88. The molecule has 0 atom stereocenters. The molecular weight excluding hydrogens is 132 g/mol. The predicted octanol–water partition coefficient (Wildman–Crippen LogP) is 0.0782. The molecule has 1 N–H and O–H groups in total. The van der Waals surface area contributed by atoms with Gasteiger partial charge in [0.2, 0.25) is 0 Å². The van der Waals surface area contributed by atoms with Crippen molar-refractivity contribution in [1.82, 2.24) is 10.2 Å². The minimum atomic E-state index is -0.145. The van der Waals surface area contributed by atoms with Crippen LogP contribution in [0.2, 0.25) is 0 Å². The van der Waals surface area contributed by atoms with Gasteiger partial charge < -0.3 is 10.2 Å². The Kier molecular flexibility index (Phi) is 4.66. The summed E-state index contributed by atoms with van der Waals surface area (Å²) in [5.74, 6) is 0. The van der Waals surface area contributed by atoms with E-state index < -0.39 is 0 Å². The van der Waals surface area contributed by atoms with Gasteiger partial charge in [0.15, 0.2) is 0 Å². The van der Waals surface area contributed by atoms with Crippen LogP contribution in [0.5, 0.6) is 0 Å². The lowest BCUT2D eigenvalue weighted by Crippen LogP contribution is -2.35. The second-order valence-corrected chi connectivity index (χ2v) is 2.18. The number of hydrogen-bond acceptors (Lipinski definition) is 1. The molecule has 4 nitrogen and oxygen atoms in total. The molecule has 0 aliphatic rings. The number of urea groups is 1. The number of nitrogens with one attached hydrogen (secondary N) is 1. The van der Waals surface area contributed by atoms with Crippen LogP contribution in [0.1, 0.15) is 6.42 Å². The lowest BCUT2D eigenvalue weighted by molar-refractivity contribution is 0.185. The third-order valence-electron chi connectivity index (χ3n) is 1.00. The fourth-order valence-electron chi connectivity index (χ4n) is 0.426. The Labute approximate surface area is 60.8 Å². The standard InChI is InChI=1S/C6H13N2O2/c1-8(2)6(10)7-4-3-5-9/h3-5H2,1-2H3,(H,7,10). The van der Waals surface area contributed by atoms with E-state index in [0.717, 1.165) is 0 Å². The third-order valence-corrected chi connectivity index (χ3v) is 1.00. The lowest BCUT2D eigenvalue weighted by Gasteiger charge is -2.10. The van der Waals surface area contributed by atoms with Crippen molar-refractivity contribution in [1.29, 1.82) is 0 Å². The summed E-state index contributed by atoms with van der Waals surface area (Å²) in [5, 5.41) is 12.5. The summed E-state index contributed by atoms with van der Waals surface area (Å²) in [7, 11) is 3.32. The molecule has 0 aromatic rings. The van der Waals surface area contributed by atoms with Gasteiger partial charge in [-0.25, -0.2) is 9.90 Å². The third kappa shape index (κ3) is 4.14. The molecule has 1 radical (unpaired) electrons. The minimum Gasteiger partial charge on any atom is -0.338 e. The Morgan fingerprint density at radius 3 is 2.50 bits per heavy atom. The fraction of sp³-hybridized carbons (Fsp3) is 0.833. The molecule has 0 aromatic heterocycles. The monoisotopic (exact) mass is 145 g/mol. The first-order valence-electron chi connectivity index (χ1n) is 3.21. The maximum atomic E-state index is 10.7. The van der Waals surface area contributed by atoms with Crippen molar-refractivity contribution >= 4 is 6.03 Å². The molecule has 0 fully saturated rings. The van der Waals surface area contributed by atoms with Crippen LogP contribution in [-0.4, -0.2) is 38.2 Å². The van der Waals surface area contributed by atoms with E-state index in [-0.39, 0.29) is 12.6 Å². The summed E-state index contributed by atoms with van der Waals surface area (Å²) in [6.07, 6.45) is 0.500. The molecule has 59 valence electrons. The lowest BCUT2D eigenvalue weighted by atomic mass is 10.4. The van der Waals surface area contributed by atoms with Crippen LogP contribution in [0.4, 0.5) is 4.79 Å². The molecule has 0 saturated carbocycles. The zero-order valence-electron chi connectivity index (χ0n) is 6.39. The summed E-state index contributed by atoms with van der Waals surface area (Å²) >= 11 is 0. The molecule has 10 heavy (non-hydrogen) atoms. The Morgan fingerprint density at radius 2 is 2.10 bits per heavy atom. The first-order valence-corrected chi connectivity index (χ1v) is 3.21. The van der Waals surface area contributed by atoms with Crippen LogP contribution in [0, 0.1) is 0 Å². The second-order valence-electron chi connectivity index (χ2n) is 2.18. The normalized spacial score (nSPS) is 9.10. The zero-order chi connectivity index (χ0) is 7.98. The van der Waals surface area contributed by atoms with E-state index in [2.05, 4.69) is 5.32 Å². The van der Waals surface area contributed by atoms with Gasteiger partial charge in [-0.3, -0.25) is 0 Å². The Balaban J connectivity index is 3.22. The molecular formula is C6H13N2O2. The summed E-state index contributed by atoms with van der Waals surface area (Å²) in [6, 6.07) is -0.145. The first-order chi connectivity index (χ1) is 4.68. The largest absolute Gasteiger partial charge is 0.338 e. The summed E-state index contributed by atoms with van der Waals surface area (Å²) in [4.78, 5) is 12.2. The summed E-state index contributed by atoms with van der Waals surface area (Å²) in [5.41, 5.74) is 0. The molecule has 0 aromatic carbocycles. The molecule has 0 aliphatic heterocycles. The van der Waals surface area contributed by atoms with E-state index in [4.69, 9.17) is 0 Å². The highest BCUT2D eigenvalue weighted by Crippen LogP contribution is 1.78. The van der Waals surface area contributed by atoms with Crippen molar-refractivity contribution in [3.63, 3.8) is 0 Å². The molecule has 0 unspecified atom stereocenters. The highest BCUT2D eigenvalue weighted by atomic mass is 16.3. The highest BCUT2D eigenvalue weighted by molar-refractivity contribution is 5.73. The molecule has 0 heterocycles. The van der Waals surface area contributed by atoms with Crippen LogP contribution in [0.15, 0.2) is 0 Å². The van der Waals surface area contributed by atoms with Gasteiger partial charge in [-0.1, -0.05) is 0 Å². The predicted molar refractivity (Wildman–Crippen MR) is 37.3 cm³/mol. The van der Waals surface area contributed by atoms with Gasteiger partial charge in [0.1, 0.15) is 0 Å². The van der Waals surface area contributed by atoms with Crippen molar-refractivity contribution in [3.05, 3.63) is 0 Å². The van der Waals surface area contributed by atoms with Crippen molar-refractivity contribution in [3.8, 4) is 0 Å². The van der Waals surface area contributed by atoms with E-state index in [1.807, 2.05) is 0 Å². The topological polar surface area (TPSA) is 52.2 Å². The quantitative estimate of drug-likeness (QED) is 0.562. The SMILES string of the molecule is CN(C)C(=O)NCCC[O]. The number of rotatable bonds is 3. The van der Waals surface area contributed by atoms with E-state index in [1.54, 1.807) is 14.1 Å². The van der Waals surface area contributed by atoms with Gasteiger partial charge in [-0.2, -0.15) is 0 Å². The van der Waals surface area contributed by atoms with Gasteiger partial charge >= 0.3 is 6.03 Å². The summed E-state index contributed by atoms with van der Waals surface area (Å²) < 4.78 is 0. The minimum absolute atomic E-state index is 0.131. The Bertz CT molecular complexity index is 104. The van der Waals surface area contributed by atoms with Gasteiger partial charge in [0.05, 0.1) is 6.61 Å². The average molecular weight is 145 g/mol. The van der Waals surface area contributed by atoms with Crippen LogP contribution >= 0.6 is 0 Å². The van der Waals surface area contributed by atoms with E-state index >= 15 is 0 Å². The number of carbonyl (C=O) groups excluding carboxylic acids is 1. The van der Waals surface area contributed by atoms with Crippen LogP contribution in [0.3, 0.4) is 0 Å². The van der Waals surface area contributed by atoms with Gasteiger partial charge in [-0.05, 0) is 6.42 Å². The number of amides is 2. The Hall–Kier alpha value is -0.770. The smallest absolute Gasteiger partial charge is 0.316 e. The van der Waals surface area contributed by atoms with Gasteiger partial charge in [-0.15, -0.1) is 0 Å². The first kappa shape index (κ1) is 9.23. The maximum Gasteiger partial charge on any atom is 0.316 e. The van der Waals surface area contributed by atoms with E-state index in [1.165, 1.54) is 4.90 Å². The molecule has 0 rings (SSSR count). The van der Waals surface area contributed by atoms with Gasteiger partial charge in [0, 0.05) is 20.6 Å². The number of carbonyl (C=O) groups is 1.